The molecule has 0 amide bonds. The fourth-order valence-electron chi connectivity index (χ4n) is 1.29. The third kappa shape index (κ3) is 1.79. The van der Waals surface area contributed by atoms with Crippen LogP contribution in [0.5, 0.6) is 0 Å². The van der Waals surface area contributed by atoms with E-state index in [2.05, 4.69) is 36.3 Å². The predicted molar refractivity (Wildman–Crippen MR) is 67.7 cm³/mol. The van der Waals surface area contributed by atoms with Crippen molar-refractivity contribution >= 4 is 41.1 Å². The molecule has 0 bridgehead atoms. The van der Waals surface area contributed by atoms with E-state index in [-0.39, 0.29) is 0 Å². The average molecular weight is 219 g/mol. The van der Waals surface area contributed by atoms with Crippen molar-refractivity contribution in [3.05, 3.63) is 47.5 Å². The predicted octanol–water partition coefficient (Wildman–Crippen LogP) is 3.39. The Bertz CT molecular complexity index is 491. The van der Waals surface area contributed by atoms with E-state index in [0.717, 1.165) is 21.4 Å². The number of pyridine rings is 1. The van der Waals surface area contributed by atoms with Gasteiger partial charge in [0.1, 0.15) is 0 Å². The Morgan fingerprint density at radius 3 is 2.86 bits per heavy atom. The van der Waals surface area contributed by atoms with Gasteiger partial charge < -0.3 is 0 Å². The number of nitrogens with zero attached hydrogens (tertiary/aromatic N) is 1. The average Bonchev–Trinajstić information content (AvgIpc) is 2.27. The van der Waals surface area contributed by atoms with Gasteiger partial charge in [-0.15, -0.1) is 12.6 Å². The molecule has 0 fully saturated rings. The van der Waals surface area contributed by atoms with Gasteiger partial charge in [0.2, 0.25) is 0 Å². The number of hydrogen-bond donors (Lipinski definition) is 2. The standard InChI is InChI=1S/C11H9NS2/c13-7-11(14)9-5-8-3-1-2-4-10(8)12-6-9/h1-7,13-14H. The van der Waals surface area contributed by atoms with Crippen molar-refractivity contribution in [3.63, 3.8) is 0 Å². The van der Waals surface area contributed by atoms with E-state index < -0.39 is 0 Å². The van der Waals surface area contributed by atoms with Crippen LogP contribution in [0.2, 0.25) is 0 Å². The summed E-state index contributed by atoms with van der Waals surface area (Å²) in [6, 6.07) is 10.0. The molecule has 14 heavy (non-hydrogen) atoms. The van der Waals surface area contributed by atoms with E-state index in [0.29, 0.717) is 0 Å². The van der Waals surface area contributed by atoms with Gasteiger partial charge in [0.05, 0.1) is 5.52 Å². The Balaban J connectivity index is 2.62. The van der Waals surface area contributed by atoms with E-state index in [4.69, 9.17) is 0 Å². The second-order valence-corrected chi connectivity index (χ2v) is 3.67. The number of aromatic nitrogens is 1. The first-order valence-corrected chi connectivity index (χ1v) is 5.16. The lowest BCUT2D eigenvalue weighted by Crippen LogP contribution is -1.82. The molecule has 0 aliphatic carbocycles. The molecule has 0 saturated carbocycles. The summed E-state index contributed by atoms with van der Waals surface area (Å²) in [4.78, 5) is 5.15. The van der Waals surface area contributed by atoms with Gasteiger partial charge in [0, 0.05) is 22.1 Å². The SMILES string of the molecule is SC=C(S)c1cnc2ccccc2c1. The van der Waals surface area contributed by atoms with Crippen molar-refractivity contribution in [1.82, 2.24) is 4.98 Å². The summed E-state index contributed by atoms with van der Waals surface area (Å²) in [5, 5.41) is 2.78. The van der Waals surface area contributed by atoms with Gasteiger partial charge in [0.15, 0.2) is 0 Å². The van der Waals surface area contributed by atoms with Gasteiger partial charge in [-0.2, -0.15) is 12.6 Å². The van der Waals surface area contributed by atoms with E-state index in [1.807, 2.05) is 24.3 Å². The highest BCUT2D eigenvalue weighted by atomic mass is 32.1. The van der Waals surface area contributed by atoms with Crippen molar-refractivity contribution in [2.45, 2.75) is 0 Å². The van der Waals surface area contributed by atoms with Crippen molar-refractivity contribution in [2.24, 2.45) is 0 Å². The molecule has 1 nitrogen and oxygen atoms in total. The van der Waals surface area contributed by atoms with Crippen LogP contribution in [0.25, 0.3) is 15.8 Å². The van der Waals surface area contributed by atoms with E-state index >= 15 is 0 Å². The summed E-state index contributed by atoms with van der Waals surface area (Å²) in [6.07, 6.45) is 1.80. The molecule has 1 heterocycles. The Kier molecular flexibility index (Phi) is 2.79. The third-order valence-corrected chi connectivity index (χ3v) is 2.86. The Hall–Kier alpha value is -0.930. The zero-order valence-corrected chi connectivity index (χ0v) is 9.17. The van der Waals surface area contributed by atoms with E-state index in [9.17, 15) is 0 Å². The topological polar surface area (TPSA) is 12.9 Å². The molecular formula is C11H9NS2. The molecule has 70 valence electrons. The molecule has 3 heteroatoms. The molecule has 0 atom stereocenters. The van der Waals surface area contributed by atoms with Crippen LogP contribution < -0.4 is 0 Å². The molecule has 0 unspecified atom stereocenters. The van der Waals surface area contributed by atoms with Crippen molar-refractivity contribution < 1.29 is 0 Å². The van der Waals surface area contributed by atoms with Crippen LogP contribution in [0.3, 0.4) is 0 Å². The Morgan fingerprint density at radius 2 is 2.07 bits per heavy atom. The summed E-state index contributed by atoms with van der Waals surface area (Å²) < 4.78 is 0. The molecule has 2 aromatic rings. The van der Waals surface area contributed by atoms with Gasteiger partial charge in [0.25, 0.3) is 0 Å². The van der Waals surface area contributed by atoms with Gasteiger partial charge in [-0.05, 0) is 17.5 Å². The van der Waals surface area contributed by atoms with Crippen LogP contribution in [0.4, 0.5) is 0 Å². The second kappa shape index (κ2) is 4.07. The van der Waals surface area contributed by atoms with Gasteiger partial charge in [-0.1, -0.05) is 18.2 Å². The maximum Gasteiger partial charge on any atom is 0.0702 e. The molecule has 0 radical (unpaired) electrons. The molecule has 0 N–H and O–H groups in total. The first-order chi connectivity index (χ1) is 6.81. The van der Waals surface area contributed by atoms with Crippen molar-refractivity contribution in [3.8, 4) is 0 Å². The van der Waals surface area contributed by atoms with E-state index in [1.165, 1.54) is 0 Å². The molecule has 1 aromatic carbocycles. The fourth-order valence-corrected chi connectivity index (χ4v) is 1.56. The highest BCUT2D eigenvalue weighted by Crippen LogP contribution is 2.21. The number of thiol groups is 2. The number of benzene rings is 1. The van der Waals surface area contributed by atoms with Crippen LogP contribution in [-0.4, -0.2) is 4.98 Å². The minimum absolute atomic E-state index is 0.826. The number of fused-ring (bicyclic) bond motifs is 1. The molecule has 0 spiro atoms. The minimum Gasteiger partial charge on any atom is -0.256 e. The Labute approximate surface area is 93.7 Å². The second-order valence-electron chi connectivity index (χ2n) is 2.93. The number of para-hydroxylation sites is 1. The smallest absolute Gasteiger partial charge is 0.0702 e. The molecule has 0 aliphatic rings. The number of rotatable bonds is 1. The van der Waals surface area contributed by atoms with Crippen molar-refractivity contribution in [1.29, 1.82) is 0 Å². The summed E-state index contributed by atoms with van der Waals surface area (Å²) >= 11 is 8.34. The van der Waals surface area contributed by atoms with Crippen LogP contribution in [0.15, 0.2) is 41.9 Å². The highest BCUT2D eigenvalue weighted by Gasteiger charge is 1.98. The lowest BCUT2D eigenvalue weighted by atomic mass is 10.1. The quantitative estimate of drug-likeness (QED) is 0.701. The normalized spacial score (nSPS) is 12.0. The lowest BCUT2D eigenvalue weighted by molar-refractivity contribution is 1.40. The van der Waals surface area contributed by atoms with Gasteiger partial charge in [-0.3, -0.25) is 4.98 Å². The summed E-state index contributed by atoms with van der Waals surface area (Å²) in [6.45, 7) is 0. The highest BCUT2D eigenvalue weighted by molar-refractivity contribution is 7.92. The minimum atomic E-state index is 0.826. The van der Waals surface area contributed by atoms with Crippen LogP contribution in [0, 0.1) is 0 Å². The lowest BCUT2D eigenvalue weighted by Gasteiger charge is -2.01. The molecule has 2 rings (SSSR count). The van der Waals surface area contributed by atoms with Crippen LogP contribution in [-0.2, 0) is 0 Å². The van der Waals surface area contributed by atoms with Crippen LogP contribution in [0.1, 0.15) is 5.56 Å². The maximum absolute atomic E-state index is 4.33. The monoisotopic (exact) mass is 219 g/mol. The first kappa shape index (κ1) is 9.62. The number of hydrogen-bond acceptors (Lipinski definition) is 3. The molecule has 0 saturated heterocycles. The van der Waals surface area contributed by atoms with Gasteiger partial charge >= 0.3 is 0 Å². The van der Waals surface area contributed by atoms with E-state index in [1.54, 1.807) is 11.6 Å². The fraction of sp³-hybridized carbons (Fsp3) is 0. The zero-order chi connectivity index (χ0) is 9.97. The molecule has 0 aliphatic heterocycles. The largest absolute Gasteiger partial charge is 0.256 e. The molecule has 1 aromatic heterocycles. The summed E-state index contributed by atoms with van der Waals surface area (Å²) in [7, 11) is 0. The Morgan fingerprint density at radius 1 is 1.29 bits per heavy atom. The van der Waals surface area contributed by atoms with Crippen LogP contribution >= 0.6 is 25.3 Å². The zero-order valence-electron chi connectivity index (χ0n) is 7.38. The first-order valence-electron chi connectivity index (χ1n) is 4.20. The van der Waals surface area contributed by atoms with Crippen molar-refractivity contribution in [2.75, 3.05) is 0 Å². The van der Waals surface area contributed by atoms with Gasteiger partial charge in [-0.25, -0.2) is 0 Å². The summed E-state index contributed by atoms with van der Waals surface area (Å²) in [5.41, 5.74) is 1.98. The maximum atomic E-state index is 4.33. The molecular weight excluding hydrogens is 210 g/mol. The summed E-state index contributed by atoms with van der Waals surface area (Å²) in [5.74, 6) is 0. The third-order valence-electron chi connectivity index (χ3n) is 2.01.